The molecule has 0 aliphatic carbocycles. The molecule has 1 fully saturated rings. The van der Waals surface area contributed by atoms with Crippen LogP contribution in [-0.2, 0) is 23.4 Å². The Labute approximate surface area is 224 Å². The zero-order chi connectivity index (χ0) is 27.7. The zero-order valence-corrected chi connectivity index (χ0v) is 22.2. The highest BCUT2D eigenvalue weighted by atomic mass is 35.5. The number of rotatable bonds is 7. The minimum absolute atomic E-state index is 0.0117. The molecule has 1 amide bonds. The molecule has 1 saturated heterocycles. The lowest BCUT2D eigenvalue weighted by Crippen LogP contribution is -2.52. The van der Waals surface area contributed by atoms with E-state index in [-0.39, 0.29) is 16.6 Å². The number of amides is 1. The molecule has 0 unspecified atom stereocenters. The van der Waals surface area contributed by atoms with Gasteiger partial charge in [0.05, 0.1) is 27.4 Å². The number of alkyl halides is 3. The predicted octanol–water partition coefficient (Wildman–Crippen LogP) is 5.11. The number of pyridine rings is 1. The number of carbonyl (C=O) groups is 1. The van der Waals surface area contributed by atoms with Gasteiger partial charge in [0.1, 0.15) is 5.69 Å². The summed E-state index contributed by atoms with van der Waals surface area (Å²) < 4.78 is 56.4. The molecule has 1 aliphatic heterocycles. The Morgan fingerprint density at radius 1 is 1.18 bits per heavy atom. The fraction of sp³-hybridized carbons (Fsp3) is 0.407. The van der Waals surface area contributed by atoms with Crippen LogP contribution in [0.2, 0.25) is 5.02 Å². The van der Waals surface area contributed by atoms with Crippen molar-refractivity contribution in [3.63, 3.8) is 0 Å². The summed E-state index contributed by atoms with van der Waals surface area (Å²) in [5.41, 5.74) is -0.138. The normalized spacial score (nSPS) is 15.7. The number of benzene rings is 1. The van der Waals surface area contributed by atoms with Gasteiger partial charge in [-0.2, -0.15) is 13.2 Å². The van der Waals surface area contributed by atoms with Crippen LogP contribution < -0.4 is 10.2 Å². The number of carbonyl (C=O) groups excluding carboxylic acids is 1. The molecule has 1 N–H and O–H groups in total. The van der Waals surface area contributed by atoms with Crippen LogP contribution in [-0.4, -0.2) is 60.6 Å². The van der Waals surface area contributed by atoms with E-state index >= 15 is 4.39 Å². The maximum Gasteiger partial charge on any atom is 0.416 e. The van der Waals surface area contributed by atoms with Gasteiger partial charge in [-0.05, 0) is 68.9 Å². The molecule has 0 atom stereocenters. The maximum atomic E-state index is 15.3. The molecule has 1 aromatic carbocycles. The van der Waals surface area contributed by atoms with Crippen LogP contribution in [0.5, 0.6) is 0 Å². The fourth-order valence-corrected chi connectivity index (χ4v) is 5.17. The van der Waals surface area contributed by atoms with E-state index in [4.69, 9.17) is 11.6 Å². The summed E-state index contributed by atoms with van der Waals surface area (Å²) in [4.78, 5) is 21.8. The molecule has 3 heterocycles. The standard InChI is InChI=1S/C27H30ClF4N5O/c1-35(2)14-10-33-25(38)26(19-16-21(29)24(34-17-19)23-5-4-11-36(23)3)8-12-37(13-9-26)22-7-6-18(15-20(22)28)27(30,31)32/h4-7,11,15-17H,8-10,12-14H2,1-3H3,(H,33,38). The first-order valence-corrected chi connectivity index (χ1v) is 12.6. The smallest absolute Gasteiger partial charge is 0.370 e. The van der Waals surface area contributed by atoms with Crippen molar-refractivity contribution < 1.29 is 22.4 Å². The van der Waals surface area contributed by atoms with Gasteiger partial charge in [-0.25, -0.2) is 4.39 Å². The Kier molecular flexibility index (Phi) is 8.04. The number of nitrogens with one attached hydrogen (secondary N) is 1. The first kappa shape index (κ1) is 27.9. The van der Waals surface area contributed by atoms with Gasteiger partial charge in [-0.1, -0.05) is 11.6 Å². The van der Waals surface area contributed by atoms with Crippen molar-refractivity contribution in [2.45, 2.75) is 24.4 Å². The van der Waals surface area contributed by atoms with Gasteiger partial charge in [0.25, 0.3) is 0 Å². The van der Waals surface area contributed by atoms with E-state index in [1.54, 1.807) is 36.1 Å². The van der Waals surface area contributed by atoms with Crippen LogP contribution >= 0.6 is 11.6 Å². The summed E-state index contributed by atoms with van der Waals surface area (Å²) in [5.74, 6) is -0.761. The summed E-state index contributed by atoms with van der Waals surface area (Å²) in [6.07, 6.45) is -0.526. The number of hydrogen-bond acceptors (Lipinski definition) is 4. The van der Waals surface area contributed by atoms with Crippen LogP contribution in [0.4, 0.5) is 23.2 Å². The Bertz CT molecular complexity index is 1300. The number of halogens is 5. The molecule has 0 saturated carbocycles. The lowest BCUT2D eigenvalue weighted by Gasteiger charge is -2.42. The molecule has 11 heteroatoms. The van der Waals surface area contributed by atoms with E-state index in [9.17, 15) is 18.0 Å². The van der Waals surface area contributed by atoms with Gasteiger partial charge >= 0.3 is 6.18 Å². The van der Waals surface area contributed by atoms with Crippen LogP contribution in [0.1, 0.15) is 24.0 Å². The second-order valence-electron chi connectivity index (χ2n) is 9.85. The highest BCUT2D eigenvalue weighted by Crippen LogP contribution is 2.41. The van der Waals surface area contributed by atoms with Crippen LogP contribution in [0.3, 0.4) is 0 Å². The number of piperidine rings is 1. The minimum Gasteiger partial charge on any atom is -0.370 e. The second-order valence-corrected chi connectivity index (χ2v) is 10.3. The highest BCUT2D eigenvalue weighted by Gasteiger charge is 2.44. The molecular formula is C27H30ClF4N5O. The lowest BCUT2D eigenvalue weighted by atomic mass is 9.72. The van der Waals surface area contributed by atoms with Crippen LogP contribution in [0.25, 0.3) is 11.4 Å². The minimum atomic E-state index is -4.49. The number of aryl methyl sites for hydroxylation is 1. The first-order chi connectivity index (χ1) is 17.9. The van der Waals surface area contributed by atoms with Crippen molar-refractivity contribution >= 4 is 23.2 Å². The number of nitrogens with zero attached hydrogens (tertiary/aromatic N) is 4. The predicted molar refractivity (Wildman–Crippen MR) is 140 cm³/mol. The lowest BCUT2D eigenvalue weighted by molar-refractivity contribution is -0.137. The molecular weight excluding hydrogens is 522 g/mol. The number of hydrogen-bond donors (Lipinski definition) is 1. The van der Waals surface area contributed by atoms with Crippen molar-refractivity contribution in [1.82, 2.24) is 19.8 Å². The first-order valence-electron chi connectivity index (χ1n) is 12.2. The third kappa shape index (κ3) is 5.66. The Hall–Kier alpha value is -3.11. The van der Waals surface area contributed by atoms with E-state index < -0.39 is 23.0 Å². The molecule has 3 aromatic rings. The van der Waals surface area contributed by atoms with Gasteiger partial charge < -0.3 is 19.7 Å². The van der Waals surface area contributed by atoms with Crippen LogP contribution in [0.15, 0.2) is 48.8 Å². The molecule has 2 aromatic heterocycles. The molecule has 6 nitrogen and oxygen atoms in total. The summed E-state index contributed by atoms with van der Waals surface area (Å²) in [5, 5.41) is 2.97. The van der Waals surface area contributed by atoms with Gasteiger partial charge in [-0.3, -0.25) is 9.78 Å². The average molecular weight is 552 g/mol. The topological polar surface area (TPSA) is 53.4 Å². The average Bonchev–Trinajstić information content (AvgIpc) is 3.28. The Morgan fingerprint density at radius 2 is 1.89 bits per heavy atom. The van der Waals surface area contributed by atoms with Crippen molar-refractivity contribution in [2.75, 3.05) is 45.2 Å². The van der Waals surface area contributed by atoms with Crippen molar-refractivity contribution in [3.8, 4) is 11.4 Å². The van der Waals surface area contributed by atoms with E-state index in [1.165, 1.54) is 12.1 Å². The Balaban J connectivity index is 1.62. The zero-order valence-electron chi connectivity index (χ0n) is 21.4. The SMILES string of the molecule is CN(C)CCNC(=O)C1(c2cnc(-c3cccn3C)c(F)c2)CCN(c2ccc(C(F)(F)F)cc2Cl)CC1. The quantitative estimate of drug-likeness (QED) is 0.415. The monoisotopic (exact) mass is 551 g/mol. The van der Waals surface area contributed by atoms with Gasteiger partial charge in [0.2, 0.25) is 5.91 Å². The number of anilines is 1. The molecule has 204 valence electrons. The van der Waals surface area contributed by atoms with E-state index in [1.807, 2.05) is 23.9 Å². The van der Waals surface area contributed by atoms with Crippen molar-refractivity contribution in [3.05, 3.63) is 70.8 Å². The van der Waals surface area contributed by atoms with E-state index in [0.29, 0.717) is 56.0 Å². The molecule has 0 radical (unpaired) electrons. The fourth-order valence-electron chi connectivity index (χ4n) is 4.87. The third-order valence-corrected chi connectivity index (χ3v) is 7.39. The molecule has 0 bridgehead atoms. The molecule has 1 aliphatic rings. The van der Waals surface area contributed by atoms with Crippen molar-refractivity contribution in [1.29, 1.82) is 0 Å². The second kappa shape index (κ2) is 10.9. The third-order valence-electron chi connectivity index (χ3n) is 7.09. The van der Waals surface area contributed by atoms with Gasteiger partial charge in [-0.15, -0.1) is 0 Å². The van der Waals surface area contributed by atoms with E-state index in [0.717, 1.165) is 12.1 Å². The summed E-state index contributed by atoms with van der Waals surface area (Å²) in [6, 6.07) is 8.20. The molecule has 4 rings (SSSR count). The molecule has 38 heavy (non-hydrogen) atoms. The van der Waals surface area contributed by atoms with Crippen molar-refractivity contribution in [2.24, 2.45) is 7.05 Å². The number of aromatic nitrogens is 2. The van der Waals surface area contributed by atoms with Gasteiger partial charge in [0, 0.05) is 45.6 Å². The highest BCUT2D eigenvalue weighted by molar-refractivity contribution is 6.33. The summed E-state index contributed by atoms with van der Waals surface area (Å²) in [6.45, 7) is 1.73. The summed E-state index contributed by atoms with van der Waals surface area (Å²) >= 11 is 6.23. The van der Waals surface area contributed by atoms with Gasteiger partial charge in [0.15, 0.2) is 5.82 Å². The summed E-state index contributed by atoms with van der Waals surface area (Å²) in [7, 11) is 5.60. The van der Waals surface area contributed by atoms with Crippen LogP contribution in [0, 0.1) is 5.82 Å². The number of likely N-dealkylation sites (N-methyl/N-ethyl adjacent to an activating group) is 1. The Morgan fingerprint density at radius 3 is 2.45 bits per heavy atom. The maximum absolute atomic E-state index is 15.3. The largest absolute Gasteiger partial charge is 0.416 e. The van der Waals surface area contributed by atoms with E-state index in [2.05, 4.69) is 10.3 Å². The molecule has 0 spiro atoms.